The smallest absolute Gasteiger partial charge is 0.0624 e. The molecule has 2 N–H and O–H groups in total. The minimum Gasteiger partial charge on any atom is -0.327 e. The van der Waals surface area contributed by atoms with Gasteiger partial charge in [-0.3, -0.25) is 0 Å². The van der Waals surface area contributed by atoms with E-state index in [-0.39, 0.29) is 11.5 Å². The maximum absolute atomic E-state index is 6.43. The van der Waals surface area contributed by atoms with Gasteiger partial charge in [0.2, 0.25) is 0 Å². The van der Waals surface area contributed by atoms with Crippen molar-refractivity contribution in [1.82, 2.24) is 0 Å². The Morgan fingerprint density at radius 1 is 1.22 bits per heavy atom. The van der Waals surface area contributed by atoms with E-state index in [2.05, 4.69) is 6.92 Å². The van der Waals surface area contributed by atoms with E-state index in [9.17, 15) is 0 Å². The predicted octanol–water partition coefficient (Wildman–Crippen LogP) is 4.83. The third kappa shape index (κ3) is 3.01. The predicted molar refractivity (Wildman–Crippen MR) is 79.3 cm³/mol. The average molecular weight is 286 g/mol. The zero-order valence-electron chi connectivity index (χ0n) is 10.9. The maximum atomic E-state index is 6.43. The highest BCUT2D eigenvalue weighted by molar-refractivity contribution is 6.42. The normalized spacial score (nSPS) is 20.7. The molecule has 0 aromatic heterocycles. The monoisotopic (exact) mass is 285 g/mol. The largest absolute Gasteiger partial charge is 0.327 e. The summed E-state index contributed by atoms with van der Waals surface area (Å²) in [6.45, 7) is 2.31. The highest BCUT2D eigenvalue weighted by Crippen LogP contribution is 2.39. The molecule has 1 fully saturated rings. The first-order valence-electron chi connectivity index (χ1n) is 6.71. The van der Waals surface area contributed by atoms with Gasteiger partial charge in [0.25, 0.3) is 0 Å². The fourth-order valence-corrected chi connectivity index (χ4v) is 3.32. The summed E-state index contributed by atoms with van der Waals surface area (Å²) < 4.78 is 0. The van der Waals surface area contributed by atoms with Gasteiger partial charge in [-0.15, -0.1) is 0 Å². The lowest BCUT2D eigenvalue weighted by Crippen LogP contribution is -2.42. The summed E-state index contributed by atoms with van der Waals surface area (Å²) in [7, 11) is 0. The van der Waals surface area contributed by atoms with Gasteiger partial charge in [0.05, 0.1) is 10.0 Å². The van der Waals surface area contributed by atoms with Crippen molar-refractivity contribution in [3.63, 3.8) is 0 Å². The molecule has 100 valence electrons. The molecule has 0 bridgehead atoms. The van der Waals surface area contributed by atoms with Crippen molar-refractivity contribution in [1.29, 1.82) is 0 Å². The van der Waals surface area contributed by atoms with Gasteiger partial charge in [-0.05, 0) is 36.3 Å². The van der Waals surface area contributed by atoms with Crippen molar-refractivity contribution >= 4 is 23.2 Å². The van der Waals surface area contributed by atoms with Crippen molar-refractivity contribution in [2.45, 2.75) is 51.5 Å². The number of benzene rings is 1. The van der Waals surface area contributed by atoms with E-state index < -0.39 is 0 Å². The van der Waals surface area contributed by atoms with Crippen LogP contribution in [-0.4, -0.2) is 6.04 Å². The molecule has 3 heteroatoms. The van der Waals surface area contributed by atoms with Gasteiger partial charge in [0, 0.05) is 6.04 Å². The van der Waals surface area contributed by atoms with Gasteiger partial charge in [0.15, 0.2) is 0 Å². The summed E-state index contributed by atoms with van der Waals surface area (Å²) in [5, 5.41) is 1.28. The Bertz CT molecular complexity index is 411. The Morgan fingerprint density at radius 3 is 2.56 bits per heavy atom. The molecule has 0 amide bonds. The summed E-state index contributed by atoms with van der Waals surface area (Å²) in [6.07, 6.45) is 7.22. The number of hydrogen-bond donors (Lipinski definition) is 1. The van der Waals surface area contributed by atoms with Crippen LogP contribution < -0.4 is 5.73 Å². The lowest BCUT2D eigenvalue weighted by Gasteiger charge is -2.39. The van der Waals surface area contributed by atoms with Crippen LogP contribution in [-0.2, 0) is 6.42 Å². The summed E-state index contributed by atoms with van der Waals surface area (Å²) >= 11 is 12.3. The molecule has 1 atom stereocenters. The summed E-state index contributed by atoms with van der Waals surface area (Å²) in [4.78, 5) is 0. The fourth-order valence-electron chi connectivity index (χ4n) is 2.92. The van der Waals surface area contributed by atoms with Crippen molar-refractivity contribution in [2.75, 3.05) is 0 Å². The van der Waals surface area contributed by atoms with Crippen LogP contribution in [0.4, 0.5) is 0 Å². The third-order valence-electron chi connectivity index (χ3n) is 4.36. The van der Waals surface area contributed by atoms with Crippen molar-refractivity contribution < 1.29 is 0 Å². The summed E-state index contributed by atoms with van der Waals surface area (Å²) in [5.74, 6) is 0. The first-order valence-corrected chi connectivity index (χ1v) is 7.47. The topological polar surface area (TPSA) is 26.0 Å². The second kappa shape index (κ2) is 5.81. The molecule has 1 aromatic rings. The standard InChI is InChI=1S/C15H21Cl2N/c1-15(8-3-2-4-9-15)13(18)10-11-6-5-7-12(16)14(11)17/h5-7,13H,2-4,8-10,18H2,1H3. The highest BCUT2D eigenvalue weighted by atomic mass is 35.5. The zero-order valence-corrected chi connectivity index (χ0v) is 12.4. The lowest BCUT2D eigenvalue weighted by atomic mass is 9.69. The molecule has 18 heavy (non-hydrogen) atoms. The van der Waals surface area contributed by atoms with Crippen LogP contribution in [0.3, 0.4) is 0 Å². The minimum atomic E-state index is 0.161. The molecular formula is C15H21Cl2N. The molecule has 1 unspecified atom stereocenters. The molecule has 0 radical (unpaired) electrons. The SMILES string of the molecule is CC1(C(N)Cc2cccc(Cl)c2Cl)CCCCC1. The highest BCUT2D eigenvalue weighted by Gasteiger charge is 2.33. The van der Waals surface area contributed by atoms with Crippen LogP contribution in [0.15, 0.2) is 18.2 Å². The van der Waals surface area contributed by atoms with E-state index in [0.29, 0.717) is 10.0 Å². The first kappa shape index (κ1) is 14.2. The molecule has 1 aliphatic carbocycles. The molecule has 1 aliphatic rings. The fraction of sp³-hybridized carbons (Fsp3) is 0.600. The van der Waals surface area contributed by atoms with Crippen LogP contribution in [0.2, 0.25) is 10.0 Å². The van der Waals surface area contributed by atoms with E-state index in [1.165, 1.54) is 32.1 Å². The number of hydrogen-bond acceptors (Lipinski definition) is 1. The zero-order chi connectivity index (χ0) is 13.2. The summed E-state index contributed by atoms with van der Waals surface area (Å²) in [5.41, 5.74) is 7.76. The van der Waals surface area contributed by atoms with Crippen LogP contribution in [0.1, 0.15) is 44.6 Å². The third-order valence-corrected chi connectivity index (χ3v) is 5.22. The first-order chi connectivity index (χ1) is 8.53. The van der Waals surface area contributed by atoms with E-state index in [1.54, 1.807) is 0 Å². The van der Waals surface area contributed by atoms with E-state index in [0.717, 1.165) is 12.0 Å². The Labute approximate surface area is 120 Å². The molecule has 1 saturated carbocycles. The average Bonchev–Trinajstić information content (AvgIpc) is 2.36. The Hall–Kier alpha value is -0.240. The molecule has 1 nitrogen and oxygen atoms in total. The Kier molecular flexibility index (Phi) is 4.58. The van der Waals surface area contributed by atoms with Crippen LogP contribution in [0, 0.1) is 5.41 Å². The number of rotatable bonds is 3. The van der Waals surface area contributed by atoms with Crippen molar-refractivity contribution in [3.8, 4) is 0 Å². The van der Waals surface area contributed by atoms with E-state index in [4.69, 9.17) is 28.9 Å². The number of nitrogens with two attached hydrogens (primary N) is 1. The van der Waals surface area contributed by atoms with Crippen LogP contribution in [0.5, 0.6) is 0 Å². The molecule has 0 heterocycles. The van der Waals surface area contributed by atoms with Gasteiger partial charge in [-0.25, -0.2) is 0 Å². The molecule has 1 aromatic carbocycles. The molecule has 2 rings (SSSR count). The van der Waals surface area contributed by atoms with Gasteiger partial charge < -0.3 is 5.73 Å². The minimum absolute atomic E-state index is 0.161. The Morgan fingerprint density at radius 2 is 1.89 bits per heavy atom. The van der Waals surface area contributed by atoms with Crippen LogP contribution >= 0.6 is 23.2 Å². The van der Waals surface area contributed by atoms with Crippen LogP contribution in [0.25, 0.3) is 0 Å². The van der Waals surface area contributed by atoms with Crippen molar-refractivity contribution in [2.24, 2.45) is 11.1 Å². The molecule has 0 aliphatic heterocycles. The number of halogens is 2. The second-order valence-corrected chi connectivity index (χ2v) is 6.52. The van der Waals surface area contributed by atoms with Crippen molar-refractivity contribution in [3.05, 3.63) is 33.8 Å². The van der Waals surface area contributed by atoms with Gasteiger partial charge in [0.1, 0.15) is 0 Å². The Balaban J connectivity index is 2.10. The van der Waals surface area contributed by atoms with E-state index in [1.807, 2.05) is 18.2 Å². The quantitative estimate of drug-likeness (QED) is 0.845. The summed E-state index contributed by atoms with van der Waals surface area (Å²) in [6, 6.07) is 5.95. The van der Waals surface area contributed by atoms with E-state index >= 15 is 0 Å². The van der Waals surface area contributed by atoms with Gasteiger partial charge in [-0.1, -0.05) is 61.5 Å². The van der Waals surface area contributed by atoms with Gasteiger partial charge >= 0.3 is 0 Å². The lowest BCUT2D eigenvalue weighted by molar-refractivity contribution is 0.169. The molecule has 0 spiro atoms. The van der Waals surface area contributed by atoms with Gasteiger partial charge in [-0.2, -0.15) is 0 Å². The molecule has 0 saturated heterocycles. The molecular weight excluding hydrogens is 265 g/mol. The second-order valence-electron chi connectivity index (χ2n) is 5.74. The maximum Gasteiger partial charge on any atom is 0.0624 e.